The van der Waals surface area contributed by atoms with E-state index in [4.69, 9.17) is 11.6 Å². The number of H-pyrrole nitrogens is 1. The molecule has 1 aliphatic heterocycles. The fourth-order valence-electron chi connectivity index (χ4n) is 3.39. The number of nitrogens with zero attached hydrogens (tertiary/aromatic N) is 1. The lowest BCUT2D eigenvalue weighted by molar-refractivity contribution is -0.141. The van der Waals surface area contributed by atoms with E-state index in [1.807, 2.05) is 24.3 Å². The first-order valence-electron chi connectivity index (χ1n) is 7.96. The average Bonchev–Trinajstić information content (AvgIpc) is 2.98. The maximum Gasteiger partial charge on any atom is 0.322 e. The van der Waals surface area contributed by atoms with Crippen molar-refractivity contribution in [2.45, 2.75) is 23.9 Å². The highest BCUT2D eigenvalue weighted by molar-refractivity contribution is 7.89. The fraction of sp³-hybridized carbons (Fsp3) is 0.167. The Morgan fingerprint density at radius 3 is 2.54 bits per heavy atom. The highest BCUT2D eigenvalue weighted by Gasteiger charge is 2.40. The molecule has 0 bridgehead atoms. The Hall–Kier alpha value is -2.35. The molecule has 2 heterocycles. The molecule has 26 heavy (non-hydrogen) atoms. The van der Waals surface area contributed by atoms with Gasteiger partial charge in [-0.05, 0) is 35.9 Å². The molecular weight excluding hydrogens is 376 g/mol. The largest absolute Gasteiger partial charge is 0.480 e. The number of carbonyl (C=O) groups is 1. The minimum atomic E-state index is -3.98. The summed E-state index contributed by atoms with van der Waals surface area (Å²) in [5, 5.41) is 11.0. The van der Waals surface area contributed by atoms with Gasteiger partial charge in [0.05, 0.1) is 11.4 Å². The number of rotatable bonds is 3. The molecule has 0 radical (unpaired) electrons. The summed E-state index contributed by atoms with van der Waals surface area (Å²) in [7, 11) is -3.98. The summed E-state index contributed by atoms with van der Waals surface area (Å²) in [6.45, 7) is -0.0219. The normalized spacial score (nSPS) is 18.0. The van der Waals surface area contributed by atoms with Crippen molar-refractivity contribution in [2.24, 2.45) is 0 Å². The van der Waals surface area contributed by atoms with Crippen molar-refractivity contribution < 1.29 is 18.3 Å². The van der Waals surface area contributed by atoms with Crippen LogP contribution in [-0.4, -0.2) is 34.8 Å². The number of aliphatic carboxylic acids is 1. The van der Waals surface area contributed by atoms with Gasteiger partial charge in [-0.1, -0.05) is 29.8 Å². The minimum absolute atomic E-state index is 0.0210. The van der Waals surface area contributed by atoms with Crippen LogP contribution in [0.1, 0.15) is 11.3 Å². The number of halogens is 1. The van der Waals surface area contributed by atoms with Crippen molar-refractivity contribution >= 4 is 38.5 Å². The number of fused-ring (bicyclic) bond motifs is 3. The van der Waals surface area contributed by atoms with E-state index < -0.39 is 22.0 Å². The highest BCUT2D eigenvalue weighted by atomic mass is 35.5. The smallest absolute Gasteiger partial charge is 0.322 e. The molecule has 1 unspecified atom stereocenters. The highest BCUT2D eigenvalue weighted by Crippen LogP contribution is 2.33. The van der Waals surface area contributed by atoms with Gasteiger partial charge in [0.1, 0.15) is 6.04 Å². The van der Waals surface area contributed by atoms with E-state index in [0.717, 1.165) is 26.5 Å². The number of para-hydroxylation sites is 1. The van der Waals surface area contributed by atoms with Crippen molar-refractivity contribution in [1.82, 2.24) is 9.29 Å². The first kappa shape index (κ1) is 17.1. The number of benzene rings is 2. The monoisotopic (exact) mass is 390 g/mol. The molecule has 0 fully saturated rings. The van der Waals surface area contributed by atoms with Crippen LogP contribution in [0.25, 0.3) is 10.9 Å². The third kappa shape index (κ3) is 2.68. The molecule has 0 saturated carbocycles. The molecule has 1 aliphatic rings. The van der Waals surface area contributed by atoms with Crippen LogP contribution >= 0.6 is 11.6 Å². The van der Waals surface area contributed by atoms with Crippen LogP contribution in [-0.2, 0) is 27.8 Å². The van der Waals surface area contributed by atoms with Crippen LogP contribution in [0.3, 0.4) is 0 Å². The Balaban J connectivity index is 1.82. The third-order valence-corrected chi connectivity index (χ3v) is 6.79. The van der Waals surface area contributed by atoms with Crippen molar-refractivity contribution in [3.05, 3.63) is 64.8 Å². The summed E-state index contributed by atoms with van der Waals surface area (Å²) in [6, 6.07) is 12.1. The lowest BCUT2D eigenvalue weighted by atomic mass is 9.99. The molecule has 2 aromatic carbocycles. The van der Waals surface area contributed by atoms with Gasteiger partial charge in [0, 0.05) is 28.0 Å². The summed E-state index contributed by atoms with van der Waals surface area (Å²) in [5.74, 6) is -1.17. The minimum Gasteiger partial charge on any atom is -0.480 e. The molecule has 2 N–H and O–H groups in total. The van der Waals surface area contributed by atoms with Crippen LogP contribution < -0.4 is 0 Å². The predicted molar refractivity (Wildman–Crippen MR) is 97.6 cm³/mol. The van der Waals surface area contributed by atoms with Crippen LogP contribution in [0, 0.1) is 0 Å². The standard InChI is InChI=1S/C18H15ClN2O4S/c19-11-5-7-12(8-6-11)26(24,25)21-10-16-14(9-17(21)18(22)23)13-3-1-2-4-15(13)20-16/h1-8,17,20H,9-10H2,(H,22,23). The first-order valence-corrected chi connectivity index (χ1v) is 9.78. The first-order chi connectivity index (χ1) is 12.4. The van der Waals surface area contributed by atoms with Gasteiger partial charge in [-0.3, -0.25) is 4.79 Å². The molecule has 0 spiro atoms. The van der Waals surface area contributed by atoms with Gasteiger partial charge in [-0.2, -0.15) is 4.31 Å². The van der Waals surface area contributed by atoms with E-state index in [2.05, 4.69) is 4.98 Å². The molecule has 0 saturated heterocycles. The fourth-order valence-corrected chi connectivity index (χ4v) is 5.07. The number of aromatic amines is 1. The lowest BCUT2D eigenvalue weighted by Crippen LogP contribution is -2.48. The average molecular weight is 391 g/mol. The summed E-state index contributed by atoms with van der Waals surface area (Å²) in [6.07, 6.45) is 0.113. The molecule has 6 nitrogen and oxygen atoms in total. The van der Waals surface area contributed by atoms with E-state index >= 15 is 0 Å². The number of carboxylic acids is 1. The van der Waals surface area contributed by atoms with Crippen LogP contribution in [0.4, 0.5) is 0 Å². The van der Waals surface area contributed by atoms with Crippen molar-refractivity contribution in [3.63, 3.8) is 0 Å². The second-order valence-electron chi connectivity index (χ2n) is 6.19. The molecule has 3 aromatic rings. The van der Waals surface area contributed by atoms with Gasteiger partial charge in [-0.25, -0.2) is 8.42 Å². The maximum atomic E-state index is 13.0. The maximum absolute atomic E-state index is 13.0. The Bertz CT molecular complexity index is 1110. The van der Waals surface area contributed by atoms with E-state index in [1.54, 1.807) is 0 Å². The third-order valence-electron chi connectivity index (χ3n) is 4.67. The zero-order chi connectivity index (χ0) is 18.5. The van der Waals surface area contributed by atoms with Crippen molar-refractivity contribution in [2.75, 3.05) is 0 Å². The van der Waals surface area contributed by atoms with E-state index in [9.17, 15) is 18.3 Å². The number of aromatic nitrogens is 1. The SMILES string of the molecule is O=C(O)C1Cc2c([nH]c3ccccc23)CN1S(=O)(=O)c1ccc(Cl)cc1. The zero-order valence-electron chi connectivity index (χ0n) is 13.5. The molecule has 8 heteroatoms. The van der Waals surface area contributed by atoms with Gasteiger partial charge in [0.25, 0.3) is 0 Å². The number of carboxylic acid groups (broad SMARTS) is 1. The van der Waals surface area contributed by atoms with Crippen molar-refractivity contribution in [1.29, 1.82) is 0 Å². The van der Waals surface area contributed by atoms with E-state index in [0.29, 0.717) is 5.02 Å². The molecule has 0 aliphatic carbocycles. The molecule has 134 valence electrons. The van der Waals surface area contributed by atoms with Crippen molar-refractivity contribution in [3.8, 4) is 0 Å². The summed E-state index contributed by atoms with van der Waals surface area (Å²) in [4.78, 5) is 15.1. The molecule has 4 rings (SSSR count). The van der Waals surface area contributed by atoms with Gasteiger partial charge in [0.2, 0.25) is 10.0 Å². The van der Waals surface area contributed by atoms with E-state index in [1.165, 1.54) is 24.3 Å². The summed E-state index contributed by atoms with van der Waals surface area (Å²) >= 11 is 5.83. The van der Waals surface area contributed by atoms with Crippen LogP contribution in [0.15, 0.2) is 53.4 Å². The second kappa shape index (κ2) is 6.12. The molecular formula is C18H15ClN2O4S. The van der Waals surface area contributed by atoms with Gasteiger partial charge in [-0.15, -0.1) is 0 Å². The Kier molecular flexibility index (Phi) is 4.02. The molecule has 0 amide bonds. The summed E-state index contributed by atoms with van der Waals surface area (Å²) < 4.78 is 27.1. The number of nitrogens with one attached hydrogen (secondary N) is 1. The second-order valence-corrected chi connectivity index (χ2v) is 8.52. The van der Waals surface area contributed by atoms with Gasteiger partial charge >= 0.3 is 5.97 Å². The molecule has 1 atom stereocenters. The number of hydrogen-bond donors (Lipinski definition) is 2. The predicted octanol–water partition coefficient (Wildman–Crippen LogP) is 3.02. The number of hydrogen-bond acceptors (Lipinski definition) is 3. The van der Waals surface area contributed by atoms with Gasteiger partial charge in [0.15, 0.2) is 0 Å². The molecule has 1 aromatic heterocycles. The quantitative estimate of drug-likeness (QED) is 0.719. The Labute approximate surface area is 155 Å². The van der Waals surface area contributed by atoms with Gasteiger partial charge < -0.3 is 10.1 Å². The number of sulfonamides is 1. The Morgan fingerprint density at radius 2 is 1.85 bits per heavy atom. The zero-order valence-corrected chi connectivity index (χ0v) is 15.1. The van der Waals surface area contributed by atoms with Crippen LogP contribution in [0.2, 0.25) is 5.02 Å². The topological polar surface area (TPSA) is 90.5 Å². The van der Waals surface area contributed by atoms with E-state index in [-0.39, 0.29) is 17.9 Å². The lowest BCUT2D eigenvalue weighted by Gasteiger charge is -2.32. The Morgan fingerprint density at radius 1 is 1.15 bits per heavy atom. The van der Waals surface area contributed by atoms with Crippen LogP contribution in [0.5, 0.6) is 0 Å². The summed E-state index contributed by atoms with van der Waals surface area (Å²) in [5.41, 5.74) is 2.45.